The van der Waals surface area contributed by atoms with Crippen molar-refractivity contribution in [3.8, 4) is 0 Å². The molecule has 0 bridgehead atoms. The van der Waals surface area contributed by atoms with Crippen molar-refractivity contribution in [1.29, 1.82) is 0 Å². The maximum Gasteiger partial charge on any atom is 0.311 e. The molecule has 0 unspecified atom stereocenters. The van der Waals surface area contributed by atoms with Gasteiger partial charge in [-0.3, -0.25) is 0 Å². The number of hydrogen-bond donors (Lipinski definition) is 0. The molecule has 1 rings (SSSR count). The Morgan fingerprint density at radius 2 is 1.59 bits per heavy atom. The average Bonchev–Trinajstić information content (AvgIpc) is 2.16. The monoisotopic (exact) mass is 278 g/mol. The Morgan fingerprint density at radius 1 is 1.06 bits per heavy atom. The molecule has 0 fully saturated rings. The first-order chi connectivity index (χ1) is 7.77. The van der Waals surface area contributed by atoms with Crippen molar-refractivity contribution in [3.63, 3.8) is 0 Å². The van der Waals surface area contributed by atoms with Gasteiger partial charge in [0.25, 0.3) is 10.1 Å². The van der Waals surface area contributed by atoms with Crippen LogP contribution < -0.4 is 0 Å². The van der Waals surface area contributed by atoms with Crippen LogP contribution >= 0.6 is 0 Å². The molecule has 0 amide bonds. The van der Waals surface area contributed by atoms with E-state index in [1.165, 1.54) is 12.1 Å². The molecular weight excluding hydrogens is 264 g/mol. The van der Waals surface area contributed by atoms with Crippen LogP contribution in [0.3, 0.4) is 0 Å². The van der Waals surface area contributed by atoms with Crippen LogP contribution in [0.1, 0.15) is 18.9 Å². The number of rotatable bonds is 5. The van der Waals surface area contributed by atoms with Crippen molar-refractivity contribution in [1.82, 2.24) is 0 Å². The van der Waals surface area contributed by atoms with Crippen molar-refractivity contribution in [2.45, 2.75) is 25.2 Å². The van der Waals surface area contributed by atoms with Crippen molar-refractivity contribution in [3.05, 3.63) is 29.8 Å². The third-order valence-electron chi connectivity index (χ3n) is 1.96. The van der Waals surface area contributed by atoms with Crippen molar-refractivity contribution < 1.29 is 20.5 Å². The minimum absolute atomic E-state index is 0.164. The highest BCUT2D eigenvalue weighted by Gasteiger charge is 2.23. The summed E-state index contributed by atoms with van der Waals surface area (Å²) in [4.78, 5) is -0.164. The van der Waals surface area contributed by atoms with E-state index in [4.69, 9.17) is 0 Å². The zero-order valence-corrected chi connectivity index (χ0v) is 11.2. The summed E-state index contributed by atoms with van der Waals surface area (Å²) in [5.74, 6) is -0.321. The van der Waals surface area contributed by atoms with Gasteiger partial charge in [-0.2, -0.15) is 16.8 Å². The van der Waals surface area contributed by atoms with E-state index in [1.54, 1.807) is 26.0 Å². The molecule has 0 N–H and O–H groups in total. The van der Waals surface area contributed by atoms with Crippen LogP contribution in [0.4, 0.5) is 0 Å². The second-order valence-corrected chi connectivity index (χ2v) is 7.04. The lowest BCUT2D eigenvalue weighted by atomic mass is 10.2. The third-order valence-corrected chi connectivity index (χ3v) is 5.26. The van der Waals surface area contributed by atoms with Crippen molar-refractivity contribution in [2.75, 3.05) is 5.75 Å². The fourth-order valence-corrected chi connectivity index (χ4v) is 3.81. The highest BCUT2D eigenvalue weighted by atomic mass is 32.3. The molecule has 0 radical (unpaired) electrons. The zero-order valence-electron chi connectivity index (χ0n) is 9.58. The first-order valence-corrected chi connectivity index (χ1v) is 8.01. The van der Waals surface area contributed by atoms with Gasteiger partial charge in [0, 0.05) is 0 Å². The molecule has 0 spiro atoms. The van der Waals surface area contributed by atoms with Crippen LogP contribution in [0.5, 0.6) is 0 Å². The summed E-state index contributed by atoms with van der Waals surface area (Å²) in [6.45, 7) is 3.42. The lowest BCUT2D eigenvalue weighted by Gasteiger charge is -2.05. The van der Waals surface area contributed by atoms with E-state index in [1.807, 2.05) is 0 Å². The molecule has 17 heavy (non-hydrogen) atoms. The summed E-state index contributed by atoms with van der Waals surface area (Å²) in [6.07, 6.45) is 0.297. The summed E-state index contributed by atoms with van der Waals surface area (Å²) in [5, 5.41) is 0. The predicted octanol–water partition coefficient (Wildman–Crippen LogP) is 1.44. The molecule has 0 heterocycles. The van der Waals surface area contributed by atoms with Gasteiger partial charge in [0.2, 0.25) is 0 Å². The Kier molecular flexibility index (Phi) is 4.29. The smallest absolute Gasteiger partial charge is 0.198 e. The molecule has 0 aliphatic heterocycles. The van der Waals surface area contributed by atoms with Crippen LogP contribution in [0.15, 0.2) is 29.2 Å². The van der Waals surface area contributed by atoms with Crippen molar-refractivity contribution in [2.24, 2.45) is 0 Å². The summed E-state index contributed by atoms with van der Waals surface area (Å²) in [6, 6.07) is 5.77. The lowest BCUT2D eigenvalue weighted by Crippen LogP contribution is -2.16. The van der Waals surface area contributed by atoms with Crippen LogP contribution in [-0.2, 0) is 23.9 Å². The summed E-state index contributed by atoms with van der Waals surface area (Å²) < 4.78 is 50.1. The van der Waals surface area contributed by atoms with Gasteiger partial charge in [-0.1, -0.05) is 24.6 Å². The van der Waals surface area contributed by atoms with Gasteiger partial charge in [-0.15, -0.1) is 3.63 Å². The highest BCUT2D eigenvalue weighted by Crippen LogP contribution is 2.16. The van der Waals surface area contributed by atoms with Gasteiger partial charge >= 0.3 is 10.1 Å². The van der Waals surface area contributed by atoms with E-state index < -0.39 is 20.2 Å². The van der Waals surface area contributed by atoms with E-state index in [-0.39, 0.29) is 10.6 Å². The van der Waals surface area contributed by atoms with E-state index in [9.17, 15) is 16.8 Å². The predicted molar refractivity (Wildman–Crippen MR) is 63.5 cm³/mol. The largest absolute Gasteiger partial charge is 0.311 e. The van der Waals surface area contributed by atoms with E-state index in [0.29, 0.717) is 6.42 Å². The second-order valence-electron chi connectivity index (χ2n) is 3.60. The highest BCUT2D eigenvalue weighted by molar-refractivity contribution is 7.99. The minimum atomic E-state index is -4.24. The number of benzene rings is 1. The minimum Gasteiger partial charge on any atom is -0.198 e. The number of hydrogen-bond acceptors (Lipinski definition) is 5. The fraction of sp³-hybridized carbons (Fsp3) is 0.400. The third kappa shape index (κ3) is 4.10. The van der Waals surface area contributed by atoms with Gasteiger partial charge in [0.1, 0.15) is 0 Å². The molecule has 0 aromatic heterocycles. The van der Waals surface area contributed by atoms with Crippen LogP contribution in [0.2, 0.25) is 0 Å². The summed E-state index contributed by atoms with van der Waals surface area (Å²) >= 11 is 0. The quantitative estimate of drug-likeness (QED) is 0.814. The molecule has 1 aromatic carbocycles. The van der Waals surface area contributed by atoms with Gasteiger partial charge in [0.15, 0.2) is 0 Å². The zero-order chi connectivity index (χ0) is 13.1. The average molecular weight is 278 g/mol. The standard InChI is InChI=1S/C10H14O5S2/c1-3-8-16(11,12)15-17(13,14)10-6-4-9(2)5-7-10/h4-7H,3,8H2,1-2H3. The van der Waals surface area contributed by atoms with Gasteiger partial charge in [-0.25, -0.2) is 0 Å². The van der Waals surface area contributed by atoms with Gasteiger partial charge in [-0.05, 0) is 25.5 Å². The van der Waals surface area contributed by atoms with Crippen LogP contribution in [-0.4, -0.2) is 22.6 Å². The molecule has 7 heteroatoms. The topological polar surface area (TPSA) is 77.5 Å². The van der Waals surface area contributed by atoms with Crippen molar-refractivity contribution >= 4 is 20.2 Å². The Morgan fingerprint density at radius 3 is 2.06 bits per heavy atom. The normalized spacial score (nSPS) is 12.6. The summed E-state index contributed by atoms with van der Waals surface area (Å²) in [5.41, 5.74) is 0.875. The fourth-order valence-electron chi connectivity index (χ4n) is 1.16. The molecule has 0 atom stereocenters. The first-order valence-electron chi connectivity index (χ1n) is 5.02. The molecular formula is C10H14O5S2. The Balaban J connectivity index is 3.01. The SMILES string of the molecule is CCCS(=O)(=O)OS(=O)(=O)c1ccc(C)cc1. The molecule has 0 aliphatic rings. The Bertz CT molecular complexity index is 570. The molecule has 1 aromatic rings. The molecule has 0 saturated carbocycles. The maximum atomic E-state index is 11.6. The Labute approximate surface area is 102 Å². The van der Waals surface area contributed by atoms with Crippen LogP contribution in [0.25, 0.3) is 0 Å². The number of aryl methyl sites for hydroxylation is 1. The lowest BCUT2D eigenvalue weighted by molar-refractivity contribution is 0.461. The Hall–Kier alpha value is -0.920. The second kappa shape index (κ2) is 5.16. The van der Waals surface area contributed by atoms with E-state index in [2.05, 4.69) is 3.63 Å². The van der Waals surface area contributed by atoms with E-state index >= 15 is 0 Å². The van der Waals surface area contributed by atoms with E-state index in [0.717, 1.165) is 5.56 Å². The van der Waals surface area contributed by atoms with Crippen LogP contribution in [0, 0.1) is 6.92 Å². The maximum absolute atomic E-state index is 11.6. The first kappa shape index (κ1) is 14.1. The molecule has 96 valence electrons. The molecule has 5 nitrogen and oxygen atoms in total. The van der Waals surface area contributed by atoms with Gasteiger partial charge < -0.3 is 0 Å². The molecule has 0 aliphatic carbocycles. The summed E-state index contributed by atoms with van der Waals surface area (Å²) in [7, 11) is -8.28. The van der Waals surface area contributed by atoms with Gasteiger partial charge in [0.05, 0.1) is 10.6 Å². The molecule has 0 saturated heterocycles.